The summed E-state index contributed by atoms with van der Waals surface area (Å²) in [5.41, 5.74) is 4.56. The van der Waals surface area contributed by atoms with Gasteiger partial charge in [0.15, 0.2) is 5.96 Å². The van der Waals surface area contributed by atoms with Crippen molar-refractivity contribution in [1.82, 2.24) is 15.2 Å². The van der Waals surface area contributed by atoms with Gasteiger partial charge in [0.25, 0.3) is 0 Å². The van der Waals surface area contributed by atoms with E-state index in [1.54, 1.807) is 0 Å². The van der Waals surface area contributed by atoms with E-state index in [0.29, 0.717) is 5.41 Å². The molecule has 0 atom stereocenters. The third-order valence-electron chi connectivity index (χ3n) is 6.14. The van der Waals surface area contributed by atoms with Gasteiger partial charge in [0.2, 0.25) is 0 Å². The van der Waals surface area contributed by atoms with Crippen molar-refractivity contribution in [2.75, 3.05) is 26.2 Å². The number of aliphatic imine (C=N–C) groups is 1. The summed E-state index contributed by atoms with van der Waals surface area (Å²) in [6, 6.07) is 6.52. The minimum atomic E-state index is 0. The standard InChI is InChI=1S/C21H30N4.HI/c1-3-22-20(25-13-11-21(15-25)9-5-10-21)23-12-8-17-14-24-19-16(2)6-4-7-18(17)19;/h4,6-7,14,24H,3,5,8-13,15H2,1-2H3,(H,22,23);1H. The minimum Gasteiger partial charge on any atom is -0.361 e. The molecule has 2 heterocycles. The number of nitrogens with one attached hydrogen (secondary N) is 2. The summed E-state index contributed by atoms with van der Waals surface area (Å²) in [6.07, 6.45) is 8.73. The molecule has 1 saturated heterocycles. The van der Waals surface area contributed by atoms with Crippen LogP contribution in [0.3, 0.4) is 0 Å². The minimum absolute atomic E-state index is 0. The van der Waals surface area contributed by atoms with Crippen molar-refractivity contribution >= 4 is 40.8 Å². The number of halogens is 1. The second kappa shape index (κ2) is 8.19. The van der Waals surface area contributed by atoms with Crippen LogP contribution in [0.1, 0.15) is 43.7 Å². The van der Waals surface area contributed by atoms with Gasteiger partial charge in [-0.1, -0.05) is 24.6 Å². The van der Waals surface area contributed by atoms with Gasteiger partial charge in [-0.25, -0.2) is 0 Å². The number of hydrogen-bond donors (Lipinski definition) is 2. The number of nitrogens with zero attached hydrogens (tertiary/aromatic N) is 2. The molecule has 0 bridgehead atoms. The van der Waals surface area contributed by atoms with Gasteiger partial charge < -0.3 is 15.2 Å². The van der Waals surface area contributed by atoms with Gasteiger partial charge in [0.05, 0.1) is 0 Å². The molecule has 1 aliphatic heterocycles. The summed E-state index contributed by atoms with van der Waals surface area (Å²) in [6.45, 7) is 8.46. The highest BCUT2D eigenvalue weighted by Crippen LogP contribution is 2.47. The van der Waals surface area contributed by atoms with E-state index in [1.807, 2.05) is 0 Å². The summed E-state index contributed by atoms with van der Waals surface area (Å²) in [4.78, 5) is 10.9. The van der Waals surface area contributed by atoms with E-state index in [2.05, 4.69) is 53.4 Å². The Bertz CT molecular complexity index is 775. The fourth-order valence-electron chi connectivity index (χ4n) is 4.48. The maximum Gasteiger partial charge on any atom is 0.193 e. The van der Waals surface area contributed by atoms with Crippen molar-refractivity contribution in [3.63, 3.8) is 0 Å². The summed E-state index contributed by atoms with van der Waals surface area (Å²) in [5, 5.41) is 4.85. The molecule has 4 rings (SSSR count). The van der Waals surface area contributed by atoms with Gasteiger partial charge in [-0.3, -0.25) is 4.99 Å². The van der Waals surface area contributed by atoms with Crippen molar-refractivity contribution in [3.8, 4) is 0 Å². The Hall–Kier alpha value is -1.24. The van der Waals surface area contributed by atoms with Gasteiger partial charge in [-0.2, -0.15) is 0 Å². The molecule has 0 unspecified atom stereocenters. The van der Waals surface area contributed by atoms with E-state index in [1.165, 1.54) is 54.3 Å². The Balaban J connectivity index is 0.00000196. The van der Waals surface area contributed by atoms with Crippen molar-refractivity contribution < 1.29 is 0 Å². The smallest absolute Gasteiger partial charge is 0.193 e. The number of aryl methyl sites for hydroxylation is 1. The first-order valence-corrected chi connectivity index (χ1v) is 9.80. The Morgan fingerprint density at radius 2 is 2.15 bits per heavy atom. The van der Waals surface area contributed by atoms with Crippen LogP contribution in [-0.4, -0.2) is 42.0 Å². The highest BCUT2D eigenvalue weighted by atomic mass is 127. The number of aromatic nitrogens is 1. The van der Waals surface area contributed by atoms with Crippen molar-refractivity contribution in [2.24, 2.45) is 10.4 Å². The lowest BCUT2D eigenvalue weighted by Crippen LogP contribution is -2.42. The Morgan fingerprint density at radius 3 is 2.85 bits per heavy atom. The molecule has 2 aliphatic rings. The van der Waals surface area contributed by atoms with Crippen LogP contribution < -0.4 is 5.32 Å². The molecule has 26 heavy (non-hydrogen) atoms. The number of rotatable bonds is 4. The fourth-order valence-corrected chi connectivity index (χ4v) is 4.48. The molecule has 142 valence electrons. The lowest BCUT2D eigenvalue weighted by Gasteiger charge is -2.38. The largest absolute Gasteiger partial charge is 0.361 e. The molecule has 1 aliphatic carbocycles. The molecule has 2 aromatic rings. The van der Waals surface area contributed by atoms with Crippen molar-refractivity contribution in [3.05, 3.63) is 35.5 Å². The van der Waals surface area contributed by atoms with Gasteiger partial charge in [0, 0.05) is 43.3 Å². The molecule has 1 aromatic carbocycles. The number of fused-ring (bicyclic) bond motifs is 1. The van der Waals surface area contributed by atoms with Gasteiger partial charge in [-0.05, 0) is 56.1 Å². The molecule has 0 radical (unpaired) electrons. The summed E-state index contributed by atoms with van der Waals surface area (Å²) in [7, 11) is 0. The summed E-state index contributed by atoms with van der Waals surface area (Å²) >= 11 is 0. The molecule has 2 fully saturated rings. The molecular formula is C21H31IN4. The SMILES string of the molecule is CCNC(=NCCc1c[nH]c2c(C)cccc12)N1CCC2(CCC2)C1.I. The highest BCUT2D eigenvalue weighted by molar-refractivity contribution is 14.0. The monoisotopic (exact) mass is 466 g/mol. The van der Waals surface area contributed by atoms with Gasteiger partial charge >= 0.3 is 0 Å². The van der Waals surface area contributed by atoms with Crippen LogP contribution in [0, 0.1) is 12.3 Å². The van der Waals surface area contributed by atoms with E-state index in [0.717, 1.165) is 32.0 Å². The average molecular weight is 466 g/mol. The molecular weight excluding hydrogens is 435 g/mol. The molecule has 1 spiro atoms. The zero-order valence-corrected chi connectivity index (χ0v) is 18.3. The fraction of sp³-hybridized carbons (Fsp3) is 0.571. The van der Waals surface area contributed by atoms with Crippen molar-refractivity contribution in [1.29, 1.82) is 0 Å². The summed E-state index contributed by atoms with van der Waals surface area (Å²) in [5.74, 6) is 1.11. The molecule has 4 nitrogen and oxygen atoms in total. The number of guanidine groups is 1. The van der Waals surface area contributed by atoms with Gasteiger partial charge in [0.1, 0.15) is 0 Å². The van der Waals surface area contributed by atoms with Crippen LogP contribution in [0.15, 0.2) is 29.4 Å². The normalized spacial score (nSPS) is 18.8. The van der Waals surface area contributed by atoms with Crippen LogP contribution in [0.25, 0.3) is 10.9 Å². The average Bonchev–Trinajstić information content (AvgIpc) is 3.19. The second-order valence-electron chi connectivity index (χ2n) is 7.82. The Kier molecular flexibility index (Phi) is 6.15. The third-order valence-corrected chi connectivity index (χ3v) is 6.14. The highest BCUT2D eigenvalue weighted by Gasteiger charge is 2.43. The van der Waals surface area contributed by atoms with Crippen LogP contribution in [-0.2, 0) is 6.42 Å². The number of para-hydroxylation sites is 1. The topological polar surface area (TPSA) is 43.4 Å². The predicted octanol–water partition coefficient (Wildman–Crippen LogP) is 4.48. The third kappa shape index (κ3) is 3.73. The number of hydrogen-bond acceptors (Lipinski definition) is 1. The molecule has 0 amide bonds. The first kappa shape index (κ1) is 19.5. The van der Waals surface area contributed by atoms with E-state index in [9.17, 15) is 0 Å². The molecule has 2 N–H and O–H groups in total. The Labute approximate surface area is 173 Å². The number of aromatic amines is 1. The quantitative estimate of drug-likeness (QED) is 0.397. The van der Waals surface area contributed by atoms with E-state index >= 15 is 0 Å². The number of benzene rings is 1. The maximum atomic E-state index is 4.94. The molecule has 1 saturated carbocycles. The number of H-pyrrole nitrogens is 1. The van der Waals surface area contributed by atoms with Gasteiger partial charge in [-0.15, -0.1) is 24.0 Å². The zero-order valence-electron chi connectivity index (χ0n) is 16.0. The van der Waals surface area contributed by atoms with E-state index < -0.39 is 0 Å². The van der Waals surface area contributed by atoms with E-state index in [4.69, 9.17) is 4.99 Å². The first-order valence-electron chi connectivity index (χ1n) is 9.80. The molecule has 5 heteroatoms. The summed E-state index contributed by atoms with van der Waals surface area (Å²) < 4.78 is 0. The lowest BCUT2D eigenvalue weighted by molar-refractivity contribution is 0.151. The van der Waals surface area contributed by atoms with Crippen LogP contribution in [0.2, 0.25) is 0 Å². The lowest BCUT2D eigenvalue weighted by atomic mass is 9.68. The molecule has 1 aromatic heterocycles. The van der Waals surface area contributed by atoms with Crippen molar-refractivity contribution in [2.45, 2.75) is 46.0 Å². The predicted molar refractivity (Wildman–Crippen MR) is 121 cm³/mol. The maximum absolute atomic E-state index is 4.94. The van der Waals surface area contributed by atoms with Crippen LogP contribution in [0.4, 0.5) is 0 Å². The van der Waals surface area contributed by atoms with Crippen LogP contribution >= 0.6 is 24.0 Å². The Morgan fingerprint density at radius 1 is 1.31 bits per heavy atom. The van der Waals surface area contributed by atoms with Crippen LogP contribution in [0.5, 0.6) is 0 Å². The number of likely N-dealkylation sites (tertiary alicyclic amines) is 1. The second-order valence-corrected chi connectivity index (χ2v) is 7.82. The van der Waals surface area contributed by atoms with E-state index in [-0.39, 0.29) is 24.0 Å². The zero-order chi connectivity index (χ0) is 17.3. The first-order chi connectivity index (χ1) is 12.2.